The molecule has 1 heterocycles. The van der Waals surface area contributed by atoms with Crippen LogP contribution in [0.3, 0.4) is 0 Å². The first kappa shape index (κ1) is 20.4. The minimum Gasteiger partial charge on any atom is -0.355 e. The largest absolute Gasteiger partial charge is 0.355 e. The van der Waals surface area contributed by atoms with Gasteiger partial charge in [-0.25, -0.2) is 0 Å². The van der Waals surface area contributed by atoms with E-state index in [1.54, 1.807) is 0 Å². The molecule has 0 aliphatic rings. The third-order valence-corrected chi connectivity index (χ3v) is 5.53. The summed E-state index contributed by atoms with van der Waals surface area (Å²) < 4.78 is 1.95. The maximum absolute atomic E-state index is 4.50. The molecular weight excluding hydrogens is 342 g/mol. The van der Waals surface area contributed by atoms with Gasteiger partial charge in [-0.05, 0) is 44.9 Å². The molecule has 5 nitrogen and oxygen atoms in total. The Bertz CT molecular complexity index is 723. The topological polar surface area (TPSA) is 54.2 Å². The zero-order chi connectivity index (χ0) is 19.1. The number of nitrogens with one attached hydrogen (secondary N) is 2. The molecule has 2 N–H and O–H groups in total. The Labute approximate surface area is 161 Å². The number of aromatic nitrogens is 2. The third kappa shape index (κ3) is 5.80. The van der Waals surface area contributed by atoms with E-state index in [0.29, 0.717) is 5.25 Å². The highest BCUT2D eigenvalue weighted by atomic mass is 32.2. The van der Waals surface area contributed by atoms with Crippen LogP contribution in [0.4, 0.5) is 0 Å². The van der Waals surface area contributed by atoms with Gasteiger partial charge in [0.15, 0.2) is 5.96 Å². The molecule has 0 bridgehead atoms. The average Bonchev–Trinajstić information content (AvgIpc) is 2.85. The molecule has 2 unspecified atom stereocenters. The second-order valence-electron chi connectivity index (χ2n) is 6.72. The van der Waals surface area contributed by atoms with Crippen LogP contribution in [-0.4, -0.2) is 40.6 Å². The Morgan fingerprint density at radius 2 is 1.92 bits per heavy atom. The lowest BCUT2D eigenvalue weighted by Gasteiger charge is -2.20. The molecule has 0 radical (unpaired) electrons. The lowest BCUT2D eigenvalue weighted by molar-refractivity contribution is 0.635. The van der Waals surface area contributed by atoms with Crippen LogP contribution in [0, 0.1) is 13.8 Å². The fraction of sp³-hybridized carbons (Fsp3) is 0.500. The first-order valence-electron chi connectivity index (χ1n) is 9.08. The molecule has 1 aromatic carbocycles. The lowest BCUT2D eigenvalue weighted by atomic mass is 10.1. The first-order chi connectivity index (χ1) is 12.4. The predicted molar refractivity (Wildman–Crippen MR) is 112 cm³/mol. The summed E-state index contributed by atoms with van der Waals surface area (Å²) in [6.45, 7) is 9.46. The summed E-state index contributed by atoms with van der Waals surface area (Å²) >= 11 is 1.87. The van der Waals surface area contributed by atoms with Crippen molar-refractivity contribution >= 4 is 17.7 Å². The van der Waals surface area contributed by atoms with Gasteiger partial charge in [0.1, 0.15) is 0 Å². The van der Waals surface area contributed by atoms with Gasteiger partial charge in [-0.15, -0.1) is 11.8 Å². The van der Waals surface area contributed by atoms with Crippen molar-refractivity contribution in [3.63, 3.8) is 0 Å². The zero-order valence-corrected chi connectivity index (χ0v) is 17.5. The third-order valence-electron chi connectivity index (χ3n) is 4.41. The van der Waals surface area contributed by atoms with Gasteiger partial charge in [-0.2, -0.15) is 5.10 Å². The fourth-order valence-electron chi connectivity index (χ4n) is 2.91. The van der Waals surface area contributed by atoms with Gasteiger partial charge in [0, 0.05) is 42.5 Å². The van der Waals surface area contributed by atoms with Gasteiger partial charge in [0.05, 0.1) is 5.69 Å². The zero-order valence-electron chi connectivity index (χ0n) is 16.7. The number of aryl methyl sites for hydroxylation is 2. The van der Waals surface area contributed by atoms with E-state index < -0.39 is 0 Å². The lowest BCUT2D eigenvalue weighted by Crippen LogP contribution is -2.44. The normalized spacial score (nSPS) is 14.2. The van der Waals surface area contributed by atoms with Gasteiger partial charge >= 0.3 is 0 Å². The van der Waals surface area contributed by atoms with E-state index in [1.807, 2.05) is 36.6 Å². The van der Waals surface area contributed by atoms with Crippen LogP contribution < -0.4 is 10.6 Å². The van der Waals surface area contributed by atoms with Crippen LogP contribution in [0.15, 0.2) is 40.2 Å². The number of nitrogens with zero attached hydrogens (tertiary/aromatic N) is 3. The van der Waals surface area contributed by atoms with Crippen LogP contribution in [0.1, 0.15) is 30.8 Å². The number of thioether (sulfide) groups is 1. The Kier molecular flexibility index (Phi) is 7.57. The van der Waals surface area contributed by atoms with Crippen molar-refractivity contribution in [1.29, 1.82) is 0 Å². The van der Waals surface area contributed by atoms with Crippen LogP contribution in [0.5, 0.6) is 0 Å². The van der Waals surface area contributed by atoms with Crippen molar-refractivity contribution in [2.24, 2.45) is 12.0 Å². The quantitative estimate of drug-likeness (QED) is 0.444. The van der Waals surface area contributed by atoms with Gasteiger partial charge in [-0.3, -0.25) is 9.67 Å². The molecule has 0 amide bonds. The van der Waals surface area contributed by atoms with Gasteiger partial charge in [0.2, 0.25) is 0 Å². The van der Waals surface area contributed by atoms with E-state index >= 15 is 0 Å². The molecule has 0 aliphatic heterocycles. The van der Waals surface area contributed by atoms with E-state index in [2.05, 4.69) is 72.7 Å². The van der Waals surface area contributed by atoms with E-state index in [4.69, 9.17) is 0 Å². The molecule has 0 saturated heterocycles. The molecule has 26 heavy (non-hydrogen) atoms. The highest BCUT2D eigenvalue weighted by Crippen LogP contribution is 2.21. The number of benzene rings is 1. The first-order valence-corrected chi connectivity index (χ1v) is 9.96. The Morgan fingerprint density at radius 3 is 2.50 bits per heavy atom. The number of guanidine groups is 1. The second kappa shape index (κ2) is 9.67. The molecule has 0 aliphatic carbocycles. The molecule has 0 saturated carbocycles. The molecule has 2 rings (SSSR count). The molecule has 1 aromatic heterocycles. The molecule has 0 spiro atoms. The number of hydrogen-bond donors (Lipinski definition) is 2. The maximum Gasteiger partial charge on any atom is 0.191 e. The van der Waals surface area contributed by atoms with Crippen LogP contribution in [0.25, 0.3) is 0 Å². The minimum absolute atomic E-state index is 0.278. The SMILES string of the molecule is CN=C(NCC(C)Sc1ccccc1)NC(C)Cc1c(C)nn(C)c1C. The van der Waals surface area contributed by atoms with Crippen molar-refractivity contribution < 1.29 is 0 Å². The maximum atomic E-state index is 4.50. The Hall–Kier alpha value is -1.95. The summed E-state index contributed by atoms with van der Waals surface area (Å²) in [5, 5.41) is 11.9. The minimum atomic E-state index is 0.278. The van der Waals surface area contributed by atoms with Crippen molar-refractivity contribution in [3.8, 4) is 0 Å². The summed E-state index contributed by atoms with van der Waals surface area (Å²) in [6.07, 6.45) is 0.931. The Balaban J connectivity index is 1.83. The smallest absolute Gasteiger partial charge is 0.191 e. The average molecular weight is 374 g/mol. The Morgan fingerprint density at radius 1 is 1.23 bits per heavy atom. The number of hydrogen-bond acceptors (Lipinski definition) is 3. The van der Waals surface area contributed by atoms with Crippen molar-refractivity contribution in [3.05, 3.63) is 47.3 Å². The summed E-state index contributed by atoms with van der Waals surface area (Å²) in [5.74, 6) is 0.845. The molecule has 2 atom stereocenters. The standard InChI is InChI=1S/C20H31N5S/c1-14(12-19-16(3)24-25(6)17(19)4)23-20(21-5)22-13-15(2)26-18-10-8-7-9-11-18/h7-11,14-15H,12-13H2,1-6H3,(H2,21,22,23). The van der Waals surface area contributed by atoms with Gasteiger partial charge in [-0.1, -0.05) is 25.1 Å². The fourth-order valence-corrected chi connectivity index (χ4v) is 3.86. The monoisotopic (exact) mass is 373 g/mol. The molecule has 0 fully saturated rings. The predicted octanol–water partition coefficient (Wildman–Crippen LogP) is 3.31. The highest BCUT2D eigenvalue weighted by molar-refractivity contribution is 8.00. The van der Waals surface area contributed by atoms with Gasteiger partial charge < -0.3 is 10.6 Å². The molecule has 142 valence electrons. The molecular formula is C20H31N5S. The van der Waals surface area contributed by atoms with E-state index in [-0.39, 0.29) is 6.04 Å². The molecule has 2 aromatic rings. The van der Waals surface area contributed by atoms with Crippen molar-refractivity contribution in [1.82, 2.24) is 20.4 Å². The molecule has 6 heteroatoms. The number of aliphatic imine (C=N–C) groups is 1. The summed E-state index contributed by atoms with van der Waals surface area (Å²) in [4.78, 5) is 5.66. The van der Waals surface area contributed by atoms with Crippen molar-refractivity contribution in [2.75, 3.05) is 13.6 Å². The summed E-state index contributed by atoms with van der Waals surface area (Å²) in [6, 6.07) is 10.8. The van der Waals surface area contributed by atoms with Crippen LogP contribution >= 0.6 is 11.8 Å². The van der Waals surface area contributed by atoms with Crippen LogP contribution in [0.2, 0.25) is 0 Å². The van der Waals surface area contributed by atoms with E-state index in [1.165, 1.54) is 16.2 Å². The van der Waals surface area contributed by atoms with E-state index in [0.717, 1.165) is 24.6 Å². The van der Waals surface area contributed by atoms with E-state index in [9.17, 15) is 0 Å². The summed E-state index contributed by atoms with van der Waals surface area (Å²) in [7, 11) is 3.81. The number of rotatable bonds is 7. The van der Waals surface area contributed by atoms with Crippen molar-refractivity contribution in [2.45, 2.75) is 50.3 Å². The second-order valence-corrected chi connectivity index (χ2v) is 8.23. The van der Waals surface area contributed by atoms with Crippen LogP contribution in [-0.2, 0) is 13.5 Å². The highest BCUT2D eigenvalue weighted by Gasteiger charge is 2.14. The summed E-state index contributed by atoms with van der Waals surface area (Å²) in [5.41, 5.74) is 3.65. The van der Waals surface area contributed by atoms with Gasteiger partial charge in [0.25, 0.3) is 0 Å².